The van der Waals surface area contributed by atoms with Crippen LogP contribution in [-0.2, 0) is 9.63 Å². The largest absolute Gasteiger partial charge is 0.370 e. The normalized spacial score (nSPS) is 9.21. The number of carbonyl (C=O) groups excluding carboxylic acids is 1. The van der Waals surface area contributed by atoms with E-state index in [1.54, 1.807) is 18.2 Å². The molecule has 0 fully saturated rings. The monoisotopic (exact) mass is 189 g/mol. The van der Waals surface area contributed by atoms with Crippen LogP contribution in [0, 0.1) is 0 Å². The zero-order valence-electron chi connectivity index (χ0n) is 7.69. The van der Waals surface area contributed by atoms with Crippen molar-refractivity contribution in [3.63, 3.8) is 0 Å². The molecule has 0 unspecified atom stereocenters. The van der Waals surface area contributed by atoms with Crippen molar-refractivity contribution < 1.29 is 9.63 Å². The first-order valence-corrected chi connectivity index (χ1v) is 4.02. The van der Waals surface area contributed by atoms with E-state index in [9.17, 15) is 4.79 Å². The molecule has 0 saturated carbocycles. The smallest absolute Gasteiger partial charge is 0.356 e. The van der Waals surface area contributed by atoms with E-state index in [4.69, 9.17) is 5.90 Å². The van der Waals surface area contributed by atoms with Crippen molar-refractivity contribution in [3.8, 4) is 0 Å². The van der Waals surface area contributed by atoms with Crippen LogP contribution in [0.4, 0.5) is 0 Å². The molecule has 1 rings (SSSR count). The maximum absolute atomic E-state index is 11.1. The molecule has 0 atom stereocenters. The molecule has 72 valence electrons. The molecule has 0 aliphatic rings. The Hall–Kier alpha value is -1.87. The molecule has 0 bridgehead atoms. The van der Waals surface area contributed by atoms with Crippen molar-refractivity contribution in [2.24, 2.45) is 5.90 Å². The fraction of sp³-hybridized carbons (Fsp3) is 0. The van der Waals surface area contributed by atoms with Gasteiger partial charge in [0.05, 0.1) is 5.57 Å². The van der Waals surface area contributed by atoms with E-state index in [0.717, 1.165) is 5.56 Å². The number of benzene rings is 1. The summed E-state index contributed by atoms with van der Waals surface area (Å²) < 4.78 is 0. The summed E-state index contributed by atoms with van der Waals surface area (Å²) in [6.45, 7) is 7.24. The minimum absolute atomic E-state index is 0.225. The Morgan fingerprint density at radius 2 is 2.07 bits per heavy atom. The van der Waals surface area contributed by atoms with Gasteiger partial charge in [-0.25, -0.2) is 4.79 Å². The SMILES string of the molecule is C=Cc1ccccc1C(=C)C(=O)ON. The van der Waals surface area contributed by atoms with Gasteiger partial charge in [-0.2, -0.15) is 5.90 Å². The van der Waals surface area contributed by atoms with Gasteiger partial charge in [0, 0.05) is 0 Å². The number of rotatable bonds is 3. The van der Waals surface area contributed by atoms with Gasteiger partial charge in [-0.1, -0.05) is 43.5 Å². The molecule has 0 heterocycles. The average Bonchev–Trinajstić information content (AvgIpc) is 2.26. The lowest BCUT2D eigenvalue weighted by molar-refractivity contribution is -0.137. The van der Waals surface area contributed by atoms with Crippen molar-refractivity contribution >= 4 is 17.6 Å². The van der Waals surface area contributed by atoms with E-state index in [0.29, 0.717) is 5.56 Å². The molecule has 1 aromatic carbocycles. The second-order valence-electron chi connectivity index (χ2n) is 2.68. The number of hydrogen-bond donors (Lipinski definition) is 1. The molecule has 0 aliphatic carbocycles. The first kappa shape index (κ1) is 10.2. The van der Waals surface area contributed by atoms with Crippen LogP contribution in [0.15, 0.2) is 37.4 Å². The van der Waals surface area contributed by atoms with E-state index in [1.165, 1.54) is 0 Å². The molecule has 3 heteroatoms. The quantitative estimate of drug-likeness (QED) is 0.582. The Morgan fingerprint density at radius 3 is 2.64 bits per heavy atom. The highest BCUT2D eigenvalue weighted by molar-refractivity contribution is 6.16. The molecule has 0 aromatic heterocycles. The number of nitrogens with two attached hydrogens (primary N) is 1. The van der Waals surface area contributed by atoms with E-state index >= 15 is 0 Å². The molecule has 3 nitrogen and oxygen atoms in total. The van der Waals surface area contributed by atoms with Crippen LogP contribution in [0.25, 0.3) is 11.6 Å². The summed E-state index contributed by atoms with van der Waals surface area (Å²) in [4.78, 5) is 15.2. The van der Waals surface area contributed by atoms with Crippen LogP contribution in [0.5, 0.6) is 0 Å². The van der Waals surface area contributed by atoms with Gasteiger partial charge in [0.1, 0.15) is 0 Å². The first-order chi connectivity index (χ1) is 6.70. The fourth-order valence-electron chi connectivity index (χ4n) is 1.13. The topological polar surface area (TPSA) is 52.3 Å². The molecule has 2 N–H and O–H groups in total. The van der Waals surface area contributed by atoms with Crippen LogP contribution in [0.1, 0.15) is 11.1 Å². The van der Waals surface area contributed by atoms with Gasteiger partial charge in [-0.15, -0.1) is 0 Å². The zero-order valence-corrected chi connectivity index (χ0v) is 7.69. The van der Waals surface area contributed by atoms with E-state index in [-0.39, 0.29) is 5.57 Å². The van der Waals surface area contributed by atoms with Gasteiger partial charge in [-0.05, 0) is 11.1 Å². The minimum atomic E-state index is -0.640. The van der Waals surface area contributed by atoms with Gasteiger partial charge in [0.25, 0.3) is 0 Å². The highest BCUT2D eigenvalue weighted by atomic mass is 16.7. The van der Waals surface area contributed by atoms with Crippen LogP contribution in [-0.4, -0.2) is 5.97 Å². The Kier molecular flexibility index (Phi) is 3.20. The maximum atomic E-state index is 11.1. The molecule has 0 radical (unpaired) electrons. The Morgan fingerprint density at radius 1 is 1.43 bits per heavy atom. The van der Waals surface area contributed by atoms with Crippen molar-refractivity contribution in [3.05, 3.63) is 48.6 Å². The van der Waals surface area contributed by atoms with Crippen LogP contribution in [0.3, 0.4) is 0 Å². The summed E-state index contributed by atoms with van der Waals surface area (Å²) in [6, 6.07) is 7.24. The Bertz CT molecular complexity index is 383. The van der Waals surface area contributed by atoms with Gasteiger partial charge in [-0.3, -0.25) is 0 Å². The lowest BCUT2D eigenvalue weighted by Crippen LogP contribution is -2.11. The van der Waals surface area contributed by atoms with E-state index in [2.05, 4.69) is 18.0 Å². The van der Waals surface area contributed by atoms with Crippen molar-refractivity contribution in [1.82, 2.24) is 0 Å². The zero-order chi connectivity index (χ0) is 10.6. The van der Waals surface area contributed by atoms with Crippen molar-refractivity contribution in [1.29, 1.82) is 0 Å². The highest BCUT2D eigenvalue weighted by Crippen LogP contribution is 2.19. The summed E-state index contributed by atoms with van der Waals surface area (Å²) in [5.41, 5.74) is 1.73. The molecule has 0 aliphatic heterocycles. The van der Waals surface area contributed by atoms with Gasteiger partial charge in [0.2, 0.25) is 0 Å². The minimum Gasteiger partial charge on any atom is -0.370 e. The summed E-state index contributed by atoms with van der Waals surface area (Å²) in [5, 5.41) is 0. The molecular formula is C11H11NO2. The predicted molar refractivity (Wildman–Crippen MR) is 55.8 cm³/mol. The van der Waals surface area contributed by atoms with Crippen LogP contribution in [0.2, 0.25) is 0 Å². The van der Waals surface area contributed by atoms with Gasteiger partial charge >= 0.3 is 5.97 Å². The van der Waals surface area contributed by atoms with Crippen molar-refractivity contribution in [2.75, 3.05) is 0 Å². The maximum Gasteiger partial charge on any atom is 0.356 e. The molecule has 0 spiro atoms. The summed E-state index contributed by atoms with van der Waals surface area (Å²) in [5.74, 6) is 4.13. The van der Waals surface area contributed by atoms with Crippen LogP contribution < -0.4 is 5.90 Å². The molecular weight excluding hydrogens is 178 g/mol. The second-order valence-corrected chi connectivity index (χ2v) is 2.68. The lowest BCUT2D eigenvalue weighted by Gasteiger charge is -2.06. The predicted octanol–water partition coefficient (Wildman–Crippen LogP) is 1.76. The number of carbonyl (C=O) groups is 1. The average molecular weight is 189 g/mol. The fourth-order valence-corrected chi connectivity index (χ4v) is 1.13. The first-order valence-electron chi connectivity index (χ1n) is 4.02. The van der Waals surface area contributed by atoms with E-state index < -0.39 is 5.97 Å². The standard InChI is InChI=1S/C11H11NO2/c1-3-9-6-4-5-7-10(9)8(2)11(13)14-12/h3-7H,1-2,12H2. The third kappa shape index (κ3) is 1.89. The third-order valence-corrected chi connectivity index (χ3v) is 1.86. The molecule has 1 aromatic rings. The summed E-state index contributed by atoms with van der Waals surface area (Å²) >= 11 is 0. The molecule has 14 heavy (non-hydrogen) atoms. The Balaban J connectivity index is 3.12. The molecule has 0 saturated heterocycles. The highest BCUT2D eigenvalue weighted by Gasteiger charge is 2.11. The van der Waals surface area contributed by atoms with Gasteiger partial charge in [0.15, 0.2) is 0 Å². The summed E-state index contributed by atoms with van der Waals surface area (Å²) in [6.07, 6.45) is 1.64. The van der Waals surface area contributed by atoms with Gasteiger partial charge < -0.3 is 4.84 Å². The number of hydrogen-bond acceptors (Lipinski definition) is 3. The molecule has 0 amide bonds. The van der Waals surface area contributed by atoms with Crippen LogP contribution >= 0.6 is 0 Å². The van der Waals surface area contributed by atoms with Crippen molar-refractivity contribution in [2.45, 2.75) is 0 Å². The van der Waals surface area contributed by atoms with E-state index in [1.807, 2.05) is 12.1 Å². The second kappa shape index (κ2) is 4.39. The third-order valence-electron chi connectivity index (χ3n) is 1.86. The summed E-state index contributed by atoms with van der Waals surface area (Å²) in [7, 11) is 0. The Labute approximate surface area is 82.4 Å². The lowest BCUT2D eigenvalue weighted by atomic mass is 10.0.